The highest BCUT2D eigenvalue weighted by molar-refractivity contribution is 6.64. The third-order valence-electron chi connectivity index (χ3n) is 6.24. The Morgan fingerprint density at radius 2 is 1.79 bits per heavy atom. The van der Waals surface area contributed by atoms with Crippen LogP contribution in [0.25, 0.3) is 11.0 Å². The maximum absolute atomic E-state index is 12.6. The maximum atomic E-state index is 12.6. The first kappa shape index (κ1) is 25.5. The standard InChI is InChI=1S/C24H38BN3O5/c1-22(2,3)31-21(30)27(15-10-16-29)13-9-14-28-17-26-19-12-8-11-18(20(19)28)25-32-23(4,5)24(6,7)33-25/h8,11-12,17,29H,9-10,13-16H2,1-7H3. The Bertz CT molecular complexity index is 951. The third kappa shape index (κ3) is 5.88. The molecular weight excluding hydrogens is 421 g/mol. The molecule has 1 saturated heterocycles. The molecule has 0 unspecified atom stereocenters. The molecule has 0 bridgehead atoms. The minimum Gasteiger partial charge on any atom is -0.444 e. The molecule has 8 nitrogen and oxygen atoms in total. The maximum Gasteiger partial charge on any atom is 0.497 e. The molecule has 0 saturated carbocycles. The molecule has 9 heteroatoms. The van der Waals surface area contributed by atoms with Crippen LogP contribution in [-0.2, 0) is 20.6 Å². The Hall–Kier alpha value is -2.10. The van der Waals surface area contributed by atoms with Crippen molar-refractivity contribution in [1.29, 1.82) is 0 Å². The molecule has 0 radical (unpaired) electrons. The fraction of sp³-hybridized carbons (Fsp3) is 0.667. The summed E-state index contributed by atoms with van der Waals surface area (Å²) in [5.41, 5.74) is 1.40. The second kappa shape index (κ2) is 9.64. The zero-order valence-corrected chi connectivity index (χ0v) is 21.1. The number of carbonyl (C=O) groups excluding carboxylic acids is 1. The van der Waals surface area contributed by atoms with Crippen molar-refractivity contribution < 1.29 is 23.9 Å². The Kier molecular flexibility index (Phi) is 7.46. The van der Waals surface area contributed by atoms with Crippen molar-refractivity contribution in [2.75, 3.05) is 19.7 Å². The number of aliphatic hydroxyl groups is 1. The van der Waals surface area contributed by atoms with E-state index in [0.29, 0.717) is 32.5 Å². The van der Waals surface area contributed by atoms with Gasteiger partial charge in [-0.25, -0.2) is 9.78 Å². The van der Waals surface area contributed by atoms with Crippen molar-refractivity contribution in [1.82, 2.24) is 14.5 Å². The molecule has 1 N–H and O–H groups in total. The fourth-order valence-electron chi connectivity index (χ4n) is 3.80. The lowest BCUT2D eigenvalue weighted by atomic mass is 9.78. The van der Waals surface area contributed by atoms with E-state index in [9.17, 15) is 9.90 Å². The lowest BCUT2D eigenvalue weighted by Crippen LogP contribution is -2.41. The number of hydrogen-bond donors (Lipinski definition) is 1. The minimum atomic E-state index is -0.563. The fourth-order valence-corrected chi connectivity index (χ4v) is 3.80. The summed E-state index contributed by atoms with van der Waals surface area (Å²) in [6.45, 7) is 15.4. The molecule has 0 spiro atoms. The first-order valence-corrected chi connectivity index (χ1v) is 11.7. The molecule has 0 aliphatic carbocycles. The van der Waals surface area contributed by atoms with Gasteiger partial charge in [0, 0.05) is 31.7 Å². The van der Waals surface area contributed by atoms with Gasteiger partial charge in [-0.15, -0.1) is 0 Å². The number of rotatable bonds is 8. The van der Waals surface area contributed by atoms with Crippen molar-refractivity contribution in [3.05, 3.63) is 24.5 Å². The Balaban J connectivity index is 1.75. The molecule has 182 valence electrons. The number of hydrogen-bond acceptors (Lipinski definition) is 6. The van der Waals surface area contributed by atoms with Gasteiger partial charge in [-0.3, -0.25) is 0 Å². The van der Waals surface area contributed by atoms with Gasteiger partial charge in [-0.1, -0.05) is 12.1 Å². The molecule has 3 rings (SSSR count). The van der Waals surface area contributed by atoms with Gasteiger partial charge in [-0.2, -0.15) is 0 Å². The third-order valence-corrected chi connectivity index (χ3v) is 6.24. The number of imidazole rings is 1. The zero-order chi connectivity index (χ0) is 24.4. The molecule has 1 aliphatic rings. The Labute approximate surface area is 197 Å². The number of ether oxygens (including phenoxy) is 1. The zero-order valence-electron chi connectivity index (χ0n) is 21.1. The molecule has 33 heavy (non-hydrogen) atoms. The molecule has 1 aromatic heterocycles. The van der Waals surface area contributed by atoms with E-state index < -0.39 is 23.9 Å². The summed E-state index contributed by atoms with van der Waals surface area (Å²) in [5, 5.41) is 9.22. The number of amides is 1. The van der Waals surface area contributed by atoms with Crippen molar-refractivity contribution >= 4 is 29.7 Å². The quantitative estimate of drug-likeness (QED) is 0.610. The van der Waals surface area contributed by atoms with Gasteiger partial charge in [0.2, 0.25) is 0 Å². The number of fused-ring (bicyclic) bond motifs is 1. The highest BCUT2D eigenvalue weighted by atomic mass is 16.7. The lowest BCUT2D eigenvalue weighted by Gasteiger charge is -2.32. The van der Waals surface area contributed by atoms with E-state index in [1.165, 1.54) is 0 Å². The van der Waals surface area contributed by atoms with Crippen LogP contribution < -0.4 is 5.46 Å². The highest BCUT2D eigenvalue weighted by Crippen LogP contribution is 2.37. The summed E-state index contributed by atoms with van der Waals surface area (Å²) in [7, 11) is -0.475. The van der Waals surface area contributed by atoms with Crippen molar-refractivity contribution in [3.8, 4) is 0 Å². The summed E-state index contributed by atoms with van der Waals surface area (Å²) in [6.07, 6.45) is 2.70. The van der Waals surface area contributed by atoms with Crippen LogP contribution in [-0.4, -0.2) is 69.3 Å². The Morgan fingerprint density at radius 3 is 2.39 bits per heavy atom. The first-order valence-electron chi connectivity index (χ1n) is 11.7. The number of aromatic nitrogens is 2. The van der Waals surface area contributed by atoms with E-state index in [2.05, 4.69) is 9.55 Å². The van der Waals surface area contributed by atoms with Gasteiger partial charge in [0.05, 0.1) is 28.6 Å². The minimum absolute atomic E-state index is 0.0307. The SMILES string of the molecule is CC(C)(C)OC(=O)N(CCCO)CCCn1cnc2cccc(B3OC(C)(C)C(C)(C)O3)c21. The summed E-state index contributed by atoms with van der Waals surface area (Å²) < 4.78 is 20.2. The van der Waals surface area contributed by atoms with Crippen molar-refractivity contribution in [2.45, 2.75) is 84.7 Å². The molecule has 1 amide bonds. The van der Waals surface area contributed by atoms with E-state index in [1.807, 2.05) is 73.0 Å². The summed E-state index contributed by atoms with van der Waals surface area (Å²) in [6, 6.07) is 5.98. The number of para-hydroxylation sites is 1. The molecule has 2 aromatic rings. The van der Waals surface area contributed by atoms with Gasteiger partial charge in [0.1, 0.15) is 5.60 Å². The number of aryl methyl sites for hydroxylation is 1. The van der Waals surface area contributed by atoms with Crippen LogP contribution in [0, 0.1) is 0 Å². The van der Waals surface area contributed by atoms with Crippen LogP contribution in [0.4, 0.5) is 4.79 Å². The smallest absolute Gasteiger partial charge is 0.444 e. The molecule has 0 atom stereocenters. The number of aliphatic hydroxyl groups excluding tert-OH is 1. The van der Waals surface area contributed by atoms with Gasteiger partial charge in [-0.05, 0) is 67.4 Å². The lowest BCUT2D eigenvalue weighted by molar-refractivity contribution is 0.00578. The first-order chi connectivity index (χ1) is 15.3. The highest BCUT2D eigenvalue weighted by Gasteiger charge is 2.52. The summed E-state index contributed by atoms with van der Waals surface area (Å²) >= 11 is 0. The summed E-state index contributed by atoms with van der Waals surface area (Å²) in [4.78, 5) is 18.8. The molecule has 1 aromatic carbocycles. The van der Waals surface area contributed by atoms with Crippen LogP contribution in [0.1, 0.15) is 61.3 Å². The number of benzene rings is 1. The molecule has 1 fully saturated rings. The monoisotopic (exact) mass is 459 g/mol. The van der Waals surface area contributed by atoms with Crippen LogP contribution in [0.3, 0.4) is 0 Å². The van der Waals surface area contributed by atoms with Crippen molar-refractivity contribution in [3.63, 3.8) is 0 Å². The van der Waals surface area contributed by atoms with E-state index in [4.69, 9.17) is 14.0 Å². The topological polar surface area (TPSA) is 86.1 Å². The molecule has 1 aliphatic heterocycles. The van der Waals surface area contributed by atoms with Crippen LogP contribution in [0.2, 0.25) is 0 Å². The normalized spacial score (nSPS) is 17.5. The Morgan fingerprint density at radius 1 is 1.15 bits per heavy atom. The van der Waals surface area contributed by atoms with Crippen LogP contribution in [0.5, 0.6) is 0 Å². The average Bonchev–Trinajstić information content (AvgIpc) is 3.20. The predicted molar refractivity (Wildman–Crippen MR) is 130 cm³/mol. The number of nitrogens with zero attached hydrogens (tertiary/aromatic N) is 3. The average molecular weight is 459 g/mol. The second-order valence-corrected chi connectivity index (χ2v) is 10.6. The number of carbonyl (C=O) groups is 1. The predicted octanol–water partition coefficient (Wildman–Crippen LogP) is 3.35. The summed E-state index contributed by atoms with van der Waals surface area (Å²) in [5.74, 6) is 0. The van der Waals surface area contributed by atoms with E-state index in [0.717, 1.165) is 16.5 Å². The van der Waals surface area contributed by atoms with Gasteiger partial charge in [0.15, 0.2) is 0 Å². The van der Waals surface area contributed by atoms with Gasteiger partial charge < -0.3 is 28.6 Å². The van der Waals surface area contributed by atoms with E-state index >= 15 is 0 Å². The second-order valence-electron chi connectivity index (χ2n) is 10.6. The van der Waals surface area contributed by atoms with Crippen molar-refractivity contribution in [2.24, 2.45) is 0 Å². The van der Waals surface area contributed by atoms with Crippen LogP contribution in [0.15, 0.2) is 24.5 Å². The van der Waals surface area contributed by atoms with Gasteiger partial charge in [0.25, 0.3) is 0 Å². The van der Waals surface area contributed by atoms with E-state index in [-0.39, 0.29) is 12.7 Å². The van der Waals surface area contributed by atoms with Crippen LogP contribution >= 0.6 is 0 Å². The molecular formula is C24H38BN3O5. The van der Waals surface area contributed by atoms with Gasteiger partial charge >= 0.3 is 13.2 Å². The molecule has 2 heterocycles. The van der Waals surface area contributed by atoms with E-state index in [1.54, 1.807) is 4.90 Å². The largest absolute Gasteiger partial charge is 0.497 e.